The molecule has 1 amide bonds. The Morgan fingerprint density at radius 1 is 1.50 bits per heavy atom. The van der Waals surface area contributed by atoms with Gasteiger partial charge in [-0.15, -0.1) is 11.3 Å². The zero-order valence-corrected chi connectivity index (χ0v) is 12.4. The first-order chi connectivity index (χ1) is 9.65. The molecule has 1 atom stereocenters. The predicted octanol–water partition coefficient (Wildman–Crippen LogP) is 1.16. The van der Waals surface area contributed by atoms with Crippen LogP contribution in [0.3, 0.4) is 0 Å². The highest BCUT2D eigenvalue weighted by Gasteiger charge is 2.18. The van der Waals surface area contributed by atoms with E-state index in [1.54, 1.807) is 6.07 Å². The number of nitrogens with one attached hydrogen (secondary N) is 1. The van der Waals surface area contributed by atoms with Gasteiger partial charge in [0.25, 0.3) is 0 Å². The predicted molar refractivity (Wildman–Crippen MR) is 78.1 cm³/mol. The number of ether oxygens (including phenoxy) is 1. The minimum atomic E-state index is -0.0910. The van der Waals surface area contributed by atoms with Crippen molar-refractivity contribution in [3.05, 3.63) is 22.4 Å². The van der Waals surface area contributed by atoms with Gasteiger partial charge in [0.2, 0.25) is 5.91 Å². The molecule has 0 unspecified atom stereocenters. The summed E-state index contributed by atoms with van der Waals surface area (Å²) in [6, 6.07) is 3.63. The smallest absolute Gasteiger partial charge is 0.220 e. The van der Waals surface area contributed by atoms with Crippen LogP contribution >= 0.6 is 11.3 Å². The molecule has 1 aromatic heterocycles. The van der Waals surface area contributed by atoms with Crippen molar-refractivity contribution in [1.29, 1.82) is 0 Å². The highest BCUT2D eigenvalue weighted by molar-refractivity contribution is 7.12. The number of likely N-dealkylation sites (N-methyl/N-ethyl adjacent to an activating group) is 1. The normalized spacial score (nSPS) is 19.8. The summed E-state index contributed by atoms with van der Waals surface area (Å²) in [6.07, 6.45) is 0.544. The van der Waals surface area contributed by atoms with E-state index in [1.165, 1.54) is 11.3 Å². The molecule has 5 nitrogen and oxygen atoms in total. The van der Waals surface area contributed by atoms with Gasteiger partial charge >= 0.3 is 0 Å². The van der Waals surface area contributed by atoms with Gasteiger partial charge in [-0.2, -0.15) is 0 Å². The number of hydrogen-bond acceptors (Lipinski definition) is 5. The van der Waals surface area contributed by atoms with Crippen molar-refractivity contribution in [3.8, 4) is 0 Å². The number of Topliss-reactive ketones (excluding diaryl/α,β-unsaturated/α-hetero) is 1. The molecule has 1 N–H and O–H groups in total. The van der Waals surface area contributed by atoms with E-state index in [1.807, 2.05) is 18.5 Å². The van der Waals surface area contributed by atoms with E-state index in [9.17, 15) is 9.59 Å². The lowest BCUT2D eigenvalue weighted by atomic mass is 10.2. The van der Waals surface area contributed by atoms with E-state index < -0.39 is 0 Å². The van der Waals surface area contributed by atoms with Gasteiger partial charge in [0.1, 0.15) is 0 Å². The Kier molecular flexibility index (Phi) is 5.70. The average molecular weight is 296 g/mol. The molecule has 0 bridgehead atoms. The van der Waals surface area contributed by atoms with Crippen molar-refractivity contribution in [3.63, 3.8) is 0 Å². The SMILES string of the molecule is CN1CCO[C@H](CNC(=O)CCC(=O)c2cccs2)C1. The number of thiophene rings is 1. The number of rotatable bonds is 6. The minimum Gasteiger partial charge on any atom is -0.374 e. The van der Waals surface area contributed by atoms with Gasteiger partial charge in [-0.05, 0) is 18.5 Å². The molecular formula is C14H20N2O3S. The van der Waals surface area contributed by atoms with Gasteiger partial charge < -0.3 is 15.0 Å². The molecule has 2 rings (SSSR count). The van der Waals surface area contributed by atoms with Gasteiger partial charge in [0, 0.05) is 32.5 Å². The first kappa shape index (κ1) is 15.2. The largest absolute Gasteiger partial charge is 0.374 e. The van der Waals surface area contributed by atoms with Crippen molar-refractivity contribution in [2.75, 3.05) is 33.3 Å². The van der Waals surface area contributed by atoms with E-state index in [4.69, 9.17) is 4.74 Å². The second-order valence-corrected chi connectivity index (χ2v) is 5.91. The summed E-state index contributed by atoms with van der Waals surface area (Å²) in [5.74, 6) is -0.0597. The third kappa shape index (κ3) is 4.70. The zero-order chi connectivity index (χ0) is 14.4. The Labute approximate surface area is 122 Å². The van der Waals surface area contributed by atoms with Crippen LogP contribution in [-0.4, -0.2) is 56.0 Å². The maximum Gasteiger partial charge on any atom is 0.220 e. The van der Waals surface area contributed by atoms with Crippen molar-refractivity contribution in [1.82, 2.24) is 10.2 Å². The van der Waals surface area contributed by atoms with Crippen molar-refractivity contribution < 1.29 is 14.3 Å². The maximum atomic E-state index is 11.8. The fourth-order valence-corrected chi connectivity index (χ4v) is 2.79. The number of amides is 1. The molecule has 1 fully saturated rings. The first-order valence-corrected chi connectivity index (χ1v) is 7.66. The molecule has 0 aromatic carbocycles. The summed E-state index contributed by atoms with van der Waals surface area (Å²) in [7, 11) is 2.04. The van der Waals surface area contributed by atoms with Crippen LogP contribution in [0.4, 0.5) is 0 Å². The molecule has 0 saturated carbocycles. The van der Waals surface area contributed by atoms with Crippen LogP contribution in [0.5, 0.6) is 0 Å². The van der Waals surface area contributed by atoms with Gasteiger partial charge in [-0.3, -0.25) is 9.59 Å². The summed E-state index contributed by atoms with van der Waals surface area (Å²) < 4.78 is 5.56. The van der Waals surface area contributed by atoms with E-state index >= 15 is 0 Å². The standard InChI is InChI=1S/C14H20N2O3S/c1-16-6-7-19-11(10-16)9-15-14(18)5-4-12(17)13-3-2-8-20-13/h2-3,8,11H,4-7,9-10H2,1H3,(H,15,18)/t11-/m1/s1. The molecule has 0 spiro atoms. The summed E-state index contributed by atoms with van der Waals surface area (Å²) in [4.78, 5) is 26.4. The maximum absolute atomic E-state index is 11.8. The number of carbonyl (C=O) groups is 2. The summed E-state index contributed by atoms with van der Waals surface area (Å²) >= 11 is 1.41. The number of morpholine rings is 1. The number of ketones is 1. The molecule has 1 aliphatic rings. The van der Waals surface area contributed by atoms with Crippen molar-refractivity contribution in [2.45, 2.75) is 18.9 Å². The highest BCUT2D eigenvalue weighted by Crippen LogP contribution is 2.12. The van der Waals surface area contributed by atoms with Crippen molar-refractivity contribution >= 4 is 23.0 Å². The van der Waals surface area contributed by atoms with E-state index in [0.29, 0.717) is 13.2 Å². The molecule has 0 radical (unpaired) electrons. The monoisotopic (exact) mass is 296 g/mol. The molecule has 6 heteroatoms. The van der Waals surface area contributed by atoms with Gasteiger partial charge in [-0.25, -0.2) is 0 Å². The van der Waals surface area contributed by atoms with Crippen LogP contribution in [0, 0.1) is 0 Å². The van der Waals surface area contributed by atoms with E-state index in [0.717, 1.165) is 18.0 Å². The molecule has 110 valence electrons. The molecule has 1 aromatic rings. The molecule has 0 aliphatic carbocycles. The molecule has 20 heavy (non-hydrogen) atoms. The molecule has 1 saturated heterocycles. The Hall–Kier alpha value is -1.24. The fourth-order valence-electron chi connectivity index (χ4n) is 2.09. The topological polar surface area (TPSA) is 58.6 Å². The lowest BCUT2D eigenvalue weighted by Gasteiger charge is -2.30. The Balaban J connectivity index is 1.64. The summed E-state index contributed by atoms with van der Waals surface area (Å²) in [5, 5.41) is 4.70. The van der Waals surface area contributed by atoms with E-state index in [-0.39, 0.29) is 30.6 Å². The Bertz CT molecular complexity index is 447. The molecule has 2 heterocycles. The molecular weight excluding hydrogens is 276 g/mol. The summed E-state index contributed by atoms with van der Waals surface area (Å²) in [5.41, 5.74) is 0. The lowest BCUT2D eigenvalue weighted by molar-refractivity contribution is -0.122. The van der Waals surface area contributed by atoms with E-state index in [2.05, 4.69) is 10.2 Å². The third-order valence-electron chi connectivity index (χ3n) is 3.24. The highest BCUT2D eigenvalue weighted by atomic mass is 32.1. The van der Waals surface area contributed by atoms with Gasteiger partial charge in [0.05, 0.1) is 17.6 Å². The number of nitrogens with zero attached hydrogens (tertiary/aromatic N) is 1. The van der Waals surface area contributed by atoms with Gasteiger partial charge in [0.15, 0.2) is 5.78 Å². The molecule has 1 aliphatic heterocycles. The second kappa shape index (κ2) is 7.52. The van der Waals surface area contributed by atoms with Crippen LogP contribution in [0.15, 0.2) is 17.5 Å². The van der Waals surface area contributed by atoms with Crippen LogP contribution in [-0.2, 0) is 9.53 Å². The van der Waals surface area contributed by atoms with Crippen LogP contribution in [0.2, 0.25) is 0 Å². The van der Waals surface area contributed by atoms with Crippen LogP contribution < -0.4 is 5.32 Å². The quantitative estimate of drug-likeness (QED) is 0.800. The summed E-state index contributed by atoms with van der Waals surface area (Å²) in [6.45, 7) is 2.97. The average Bonchev–Trinajstić information content (AvgIpc) is 2.97. The minimum absolute atomic E-state index is 0.0313. The lowest BCUT2D eigenvalue weighted by Crippen LogP contribution is -2.45. The van der Waals surface area contributed by atoms with Gasteiger partial charge in [-0.1, -0.05) is 6.07 Å². The van der Waals surface area contributed by atoms with Crippen LogP contribution in [0.1, 0.15) is 22.5 Å². The fraction of sp³-hybridized carbons (Fsp3) is 0.571. The Morgan fingerprint density at radius 3 is 3.05 bits per heavy atom. The van der Waals surface area contributed by atoms with Crippen LogP contribution in [0.25, 0.3) is 0 Å². The third-order valence-corrected chi connectivity index (χ3v) is 4.15. The number of carbonyl (C=O) groups excluding carboxylic acids is 2. The first-order valence-electron chi connectivity index (χ1n) is 6.78. The number of hydrogen-bond donors (Lipinski definition) is 1. The van der Waals surface area contributed by atoms with Crippen molar-refractivity contribution in [2.24, 2.45) is 0 Å². The second-order valence-electron chi connectivity index (χ2n) is 4.96. The zero-order valence-electron chi connectivity index (χ0n) is 11.6. The Morgan fingerprint density at radius 2 is 2.35 bits per heavy atom.